The SMILES string of the molecule is COc1ccc(OC(=O)C2CCC(C(=O)Oc3c4c(c(OC(=O)C5CCC(C(=O)Oc6ccc(O)c(O)c6)CC5)c5ccccc35)SC(=C3C(=O)c5ccccc5C3=O)S4)CC2)cc1OCC(C)C. The number of thioether (sulfide) groups is 2. The van der Waals surface area contributed by atoms with Crippen LogP contribution in [-0.2, 0) is 19.2 Å². The van der Waals surface area contributed by atoms with Crippen LogP contribution < -0.4 is 28.4 Å². The Kier molecular flexibility index (Phi) is 13.7. The van der Waals surface area contributed by atoms with Crippen molar-refractivity contribution >= 4 is 69.7 Å². The molecular weight excluding hydrogens is 925 g/mol. The minimum atomic E-state index is -0.576. The van der Waals surface area contributed by atoms with E-state index in [1.807, 2.05) is 13.8 Å². The number of carbonyl (C=O) groups excluding carboxylic acids is 6. The quantitative estimate of drug-likeness (QED) is 0.0393. The molecule has 0 unspecified atom stereocenters. The van der Waals surface area contributed by atoms with E-state index in [9.17, 15) is 39.0 Å². The highest BCUT2D eigenvalue weighted by Gasteiger charge is 2.42. The van der Waals surface area contributed by atoms with E-state index < -0.39 is 64.9 Å². The van der Waals surface area contributed by atoms with Gasteiger partial charge in [-0.2, -0.15) is 0 Å². The monoisotopic (exact) mass is 972 g/mol. The number of phenols is 2. The Bertz CT molecular complexity index is 2900. The summed E-state index contributed by atoms with van der Waals surface area (Å²) in [6.07, 6.45) is 2.81. The maximum Gasteiger partial charge on any atom is 0.314 e. The van der Waals surface area contributed by atoms with Crippen LogP contribution in [0.15, 0.2) is 105 Å². The summed E-state index contributed by atoms with van der Waals surface area (Å²) in [5, 5.41) is 20.4. The van der Waals surface area contributed by atoms with E-state index in [2.05, 4.69) is 0 Å². The minimum absolute atomic E-state index is 0.0205. The third-order valence-corrected chi connectivity index (χ3v) is 15.4. The topological polar surface area (TPSA) is 198 Å². The summed E-state index contributed by atoms with van der Waals surface area (Å²) in [5.74, 6) is -3.63. The molecule has 5 aromatic carbocycles. The summed E-state index contributed by atoms with van der Waals surface area (Å²) >= 11 is 2.22. The van der Waals surface area contributed by atoms with Crippen molar-refractivity contribution in [3.05, 3.63) is 106 Å². The first-order chi connectivity index (χ1) is 33.3. The van der Waals surface area contributed by atoms with Crippen molar-refractivity contribution in [1.82, 2.24) is 0 Å². The fourth-order valence-electron chi connectivity index (χ4n) is 9.02. The molecule has 1 aliphatic heterocycles. The second-order valence-corrected chi connectivity index (χ2v) is 20.2. The number of hydrogen-bond acceptors (Lipinski definition) is 16. The lowest BCUT2D eigenvalue weighted by atomic mass is 9.82. The molecule has 4 aliphatic rings. The number of hydrogen-bond donors (Lipinski definition) is 2. The predicted octanol–water partition coefficient (Wildman–Crippen LogP) is 10.4. The van der Waals surface area contributed by atoms with Crippen molar-refractivity contribution in [3.8, 4) is 46.0 Å². The molecule has 0 spiro atoms. The van der Waals surface area contributed by atoms with Gasteiger partial charge in [0.15, 0.2) is 46.1 Å². The number of aromatic hydroxyl groups is 2. The first-order valence-corrected chi connectivity index (χ1v) is 24.5. The van der Waals surface area contributed by atoms with Crippen LogP contribution in [0.1, 0.15) is 85.9 Å². The largest absolute Gasteiger partial charge is 0.504 e. The molecule has 0 amide bonds. The van der Waals surface area contributed by atoms with E-state index in [0.29, 0.717) is 100 Å². The van der Waals surface area contributed by atoms with E-state index in [0.717, 1.165) is 29.6 Å². The van der Waals surface area contributed by atoms with E-state index in [1.165, 1.54) is 19.2 Å². The molecule has 0 radical (unpaired) electrons. The second-order valence-electron chi connectivity index (χ2n) is 17.9. The van der Waals surface area contributed by atoms with E-state index >= 15 is 0 Å². The Morgan fingerprint density at radius 2 is 1.00 bits per heavy atom. The Hall–Kier alpha value is -6.78. The molecule has 69 heavy (non-hydrogen) atoms. The zero-order valence-corrected chi connectivity index (χ0v) is 39.6. The average Bonchev–Trinajstić information content (AvgIpc) is 3.90. The number of methoxy groups -OCH3 is 1. The van der Waals surface area contributed by atoms with Gasteiger partial charge >= 0.3 is 23.9 Å². The third kappa shape index (κ3) is 9.77. The number of Topliss-reactive ketones (excluding diaryl/α,β-unsaturated/α-hetero) is 2. The lowest BCUT2D eigenvalue weighted by molar-refractivity contribution is -0.145. The number of allylic oxidation sites excluding steroid dienone is 1. The van der Waals surface area contributed by atoms with Crippen LogP contribution in [0.4, 0.5) is 0 Å². The number of benzene rings is 5. The van der Waals surface area contributed by atoms with Crippen molar-refractivity contribution in [2.45, 2.75) is 75.0 Å². The van der Waals surface area contributed by atoms with Crippen LogP contribution in [0.5, 0.6) is 46.0 Å². The molecule has 0 saturated heterocycles. The van der Waals surface area contributed by atoms with E-state index in [4.69, 9.17) is 28.4 Å². The number of ether oxygens (including phenoxy) is 6. The molecule has 0 aromatic heterocycles. The van der Waals surface area contributed by atoms with Gasteiger partial charge < -0.3 is 38.6 Å². The molecule has 356 valence electrons. The number of rotatable bonds is 12. The average molecular weight is 973 g/mol. The van der Waals surface area contributed by atoms with Crippen LogP contribution in [-0.4, -0.2) is 59.4 Å². The Morgan fingerprint density at radius 1 is 0.565 bits per heavy atom. The van der Waals surface area contributed by atoms with Crippen LogP contribution in [0.2, 0.25) is 0 Å². The molecule has 2 fully saturated rings. The van der Waals surface area contributed by atoms with Gasteiger partial charge in [-0.05, 0) is 81.5 Å². The molecule has 1 heterocycles. The zero-order valence-electron chi connectivity index (χ0n) is 37.9. The number of ketones is 2. The van der Waals surface area contributed by atoms with Crippen molar-refractivity contribution in [2.24, 2.45) is 29.6 Å². The van der Waals surface area contributed by atoms with Gasteiger partial charge in [0.2, 0.25) is 0 Å². The third-order valence-electron chi connectivity index (χ3n) is 12.8. The van der Waals surface area contributed by atoms with Gasteiger partial charge in [-0.3, -0.25) is 28.8 Å². The van der Waals surface area contributed by atoms with Crippen LogP contribution in [0.3, 0.4) is 0 Å². The molecular formula is C53H48O14S2. The van der Waals surface area contributed by atoms with E-state index in [-0.39, 0.29) is 45.6 Å². The summed E-state index contributed by atoms with van der Waals surface area (Å²) in [5.41, 5.74) is 0.554. The fourth-order valence-corrected chi connectivity index (χ4v) is 11.7. The molecule has 14 nitrogen and oxygen atoms in total. The molecule has 2 N–H and O–H groups in total. The second kappa shape index (κ2) is 20.1. The molecule has 16 heteroatoms. The van der Waals surface area contributed by atoms with Gasteiger partial charge in [0, 0.05) is 34.0 Å². The highest BCUT2D eigenvalue weighted by molar-refractivity contribution is 8.25. The van der Waals surface area contributed by atoms with Crippen LogP contribution >= 0.6 is 23.5 Å². The lowest BCUT2D eigenvalue weighted by Gasteiger charge is -2.27. The van der Waals surface area contributed by atoms with Crippen molar-refractivity contribution in [3.63, 3.8) is 0 Å². The number of carbonyl (C=O) groups is 6. The van der Waals surface area contributed by atoms with E-state index in [1.54, 1.807) is 66.7 Å². The highest BCUT2D eigenvalue weighted by atomic mass is 32.2. The van der Waals surface area contributed by atoms with Gasteiger partial charge in [-0.15, -0.1) is 0 Å². The van der Waals surface area contributed by atoms with Crippen molar-refractivity contribution < 1.29 is 67.4 Å². The molecule has 0 atom stereocenters. The van der Waals surface area contributed by atoms with Gasteiger partial charge in [0.25, 0.3) is 0 Å². The Balaban J connectivity index is 0.938. The summed E-state index contributed by atoms with van der Waals surface area (Å²) in [7, 11) is 1.54. The molecule has 3 aliphatic carbocycles. The smallest absolute Gasteiger partial charge is 0.314 e. The zero-order chi connectivity index (χ0) is 48.5. The Morgan fingerprint density at radius 3 is 1.45 bits per heavy atom. The predicted molar refractivity (Wildman–Crippen MR) is 254 cm³/mol. The first kappa shape index (κ1) is 47.3. The molecule has 2 saturated carbocycles. The number of esters is 4. The minimum Gasteiger partial charge on any atom is -0.504 e. The highest BCUT2D eigenvalue weighted by Crippen LogP contribution is 2.62. The van der Waals surface area contributed by atoms with Gasteiger partial charge in [-0.1, -0.05) is 85.9 Å². The van der Waals surface area contributed by atoms with Crippen LogP contribution in [0, 0.1) is 29.6 Å². The fraction of sp³-hybridized carbons (Fsp3) is 0.321. The maximum atomic E-state index is 14.2. The van der Waals surface area contributed by atoms with Gasteiger partial charge in [-0.25, -0.2) is 0 Å². The summed E-state index contributed by atoms with van der Waals surface area (Å²) in [4.78, 5) is 83.2. The van der Waals surface area contributed by atoms with Crippen LogP contribution in [0.25, 0.3) is 10.8 Å². The Labute approximate surface area is 405 Å². The molecule has 9 rings (SSSR count). The summed E-state index contributed by atoms with van der Waals surface area (Å²) in [6, 6.07) is 22.3. The van der Waals surface area contributed by atoms with Crippen molar-refractivity contribution in [1.29, 1.82) is 0 Å². The van der Waals surface area contributed by atoms with Gasteiger partial charge in [0.05, 0.1) is 57.0 Å². The first-order valence-electron chi connectivity index (χ1n) is 22.8. The number of phenolic OH excluding ortho intramolecular Hbond substituents is 2. The number of fused-ring (bicyclic) bond motifs is 3. The maximum absolute atomic E-state index is 14.2. The standard InChI is InChI=1S/C53H48O14S2/c1-27(2)26-63-41-25-33(21-23-40(41)62-3)65-50(59)29-14-18-31(19-15-29)52(61)67-46-37-11-7-6-10-36(37)45(47-48(46)69-53(68-47)42-43(56)34-8-4-5-9-35(34)44(42)57)66-51(60)30-16-12-28(13-17-30)49(58)64-32-20-22-38(54)39(55)24-32/h4-11,20-25,27-31,54-55H,12-19,26H2,1-3H3. The summed E-state index contributed by atoms with van der Waals surface area (Å²) in [6.45, 7) is 4.51. The molecule has 5 aromatic rings. The normalized spacial score (nSPS) is 19.8. The lowest BCUT2D eigenvalue weighted by Crippen LogP contribution is -2.30. The van der Waals surface area contributed by atoms with Gasteiger partial charge in [0.1, 0.15) is 11.5 Å². The molecule has 0 bridgehead atoms. The van der Waals surface area contributed by atoms with Crippen molar-refractivity contribution in [2.75, 3.05) is 13.7 Å². The summed E-state index contributed by atoms with van der Waals surface area (Å²) < 4.78 is 35.6.